The van der Waals surface area contributed by atoms with Crippen LogP contribution in [0.1, 0.15) is 53.5 Å². The summed E-state index contributed by atoms with van der Waals surface area (Å²) in [6.45, 7) is 2.88. The van der Waals surface area contributed by atoms with Crippen LogP contribution in [-0.4, -0.2) is 35.4 Å². The van der Waals surface area contributed by atoms with E-state index in [-0.39, 0.29) is 11.9 Å². The molecule has 1 aromatic heterocycles. The second-order valence-electron chi connectivity index (χ2n) is 6.74. The Bertz CT molecular complexity index is 743. The Labute approximate surface area is 157 Å². The highest BCUT2D eigenvalue weighted by Crippen LogP contribution is 2.35. The fourth-order valence-electron chi connectivity index (χ4n) is 3.85. The van der Waals surface area contributed by atoms with E-state index in [9.17, 15) is 4.79 Å². The van der Waals surface area contributed by atoms with Crippen molar-refractivity contribution in [3.05, 3.63) is 45.4 Å². The molecule has 25 heavy (non-hydrogen) atoms. The minimum absolute atomic E-state index is 0.0646. The molecule has 2 aromatic rings. The number of aromatic nitrogens is 1. The lowest BCUT2D eigenvalue weighted by molar-refractivity contribution is 0.0611. The van der Waals surface area contributed by atoms with Crippen molar-refractivity contribution in [3.8, 4) is 0 Å². The van der Waals surface area contributed by atoms with Gasteiger partial charge in [-0.2, -0.15) is 0 Å². The van der Waals surface area contributed by atoms with Crippen LogP contribution in [0.4, 0.5) is 5.69 Å². The van der Waals surface area contributed by atoms with E-state index in [2.05, 4.69) is 9.88 Å². The van der Waals surface area contributed by atoms with Crippen LogP contribution >= 0.6 is 22.9 Å². The number of likely N-dealkylation sites (tertiary alicyclic amines) is 1. The Kier molecular flexibility index (Phi) is 4.95. The van der Waals surface area contributed by atoms with Crippen LogP contribution in [0.15, 0.2) is 29.8 Å². The summed E-state index contributed by atoms with van der Waals surface area (Å²) in [6, 6.07) is 5.86. The second-order valence-corrected chi connectivity index (χ2v) is 8.07. The Morgan fingerprint density at radius 2 is 1.96 bits per heavy atom. The van der Waals surface area contributed by atoms with Gasteiger partial charge >= 0.3 is 0 Å². The number of anilines is 1. The van der Waals surface area contributed by atoms with Crippen molar-refractivity contribution in [1.82, 2.24) is 9.88 Å². The number of hydrogen-bond acceptors (Lipinski definition) is 4. The van der Waals surface area contributed by atoms with Crippen LogP contribution in [-0.2, 0) is 0 Å². The molecule has 3 heterocycles. The molecule has 0 bridgehead atoms. The van der Waals surface area contributed by atoms with Gasteiger partial charge in [-0.15, -0.1) is 11.3 Å². The number of nitrogens with zero attached hydrogens (tertiary/aromatic N) is 3. The minimum atomic E-state index is 0.0646. The highest BCUT2D eigenvalue weighted by atomic mass is 35.5. The normalized spacial score (nSPS) is 20.9. The van der Waals surface area contributed by atoms with E-state index in [1.54, 1.807) is 11.3 Å². The maximum atomic E-state index is 13.1. The molecule has 2 aliphatic rings. The molecule has 2 fully saturated rings. The molecule has 1 atom stereocenters. The van der Waals surface area contributed by atoms with Crippen molar-refractivity contribution >= 4 is 34.5 Å². The summed E-state index contributed by atoms with van der Waals surface area (Å²) >= 11 is 8.14. The van der Waals surface area contributed by atoms with Crippen LogP contribution < -0.4 is 4.90 Å². The summed E-state index contributed by atoms with van der Waals surface area (Å²) in [5.41, 5.74) is 1.72. The van der Waals surface area contributed by atoms with Crippen LogP contribution in [0.5, 0.6) is 0 Å². The monoisotopic (exact) mass is 375 g/mol. The fourth-order valence-corrected chi connectivity index (χ4v) is 4.94. The van der Waals surface area contributed by atoms with E-state index >= 15 is 0 Å². The first kappa shape index (κ1) is 16.9. The lowest BCUT2D eigenvalue weighted by Crippen LogP contribution is -2.38. The van der Waals surface area contributed by atoms with Crippen LogP contribution in [0.2, 0.25) is 5.02 Å². The lowest BCUT2D eigenvalue weighted by Gasteiger charge is -2.34. The summed E-state index contributed by atoms with van der Waals surface area (Å²) in [6.07, 6.45) is 7.41. The summed E-state index contributed by atoms with van der Waals surface area (Å²) in [4.78, 5) is 21.8. The zero-order valence-corrected chi connectivity index (χ0v) is 15.7. The van der Waals surface area contributed by atoms with Crippen LogP contribution in [0, 0.1) is 0 Å². The molecule has 4 nitrogen and oxygen atoms in total. The Balaban J connectivity index is 1.58. The molecule has 1 aromatic carbocycles. The van der Waals surface area contributed by atoms with E-state index in [0.29, 0.717) is 10.6 Å². The molecule has 1 amide bonds. The summed E-state index contributed by atoms with van der Waals surface area (Å²) < 4.78 is 0. The van der Waals surface area contributed by atoms with Gasteiger partial charge in [-0.3, -0.25) is 4.79 Å². The number of carbonyl (C=O) groups is 1. The van der Waals surface area contributed by atoms with Gasteiger partial charge in [0.25, 0.3) is 5.91 Å². The van der Waals surface area contributed by atoms with E-state index in [1.165, 1.54) is 12.8 Å². The van der Waals surface area contributed by atoms with E-state index in [4.69, 9.17) is 11.6 Å². The molecule has 6 heteroatoms. The van der Waals surface area contributed by atoms with Crippen molar-refractivity contribution in [1.29, 1.82) is 0 Å². The molecule has 4 rings (SSSR count). The van der Waals surface area contributed by atoms with Gasteiger partial charge in [-0.05, 0) is 50.3 Å². The molecular weight excluding hydrogens is 354 g/mol. The molecule has 0 spiro atoms. The molecule has 1 unspecified atom stereocenters. The fraction of sp³-hybridized carbons (Fsp3) is 0.474. The van der Waals surface area contributed by atoms with Crippen molar-refractivity contribution in [3.63, 3.8) is 0 Å². The van der Waals surface area contributed by atoms with E-state index in [0.717, 1.165) is 49.6 Å². The van der Waals surface area contributed by atoms with E-state index in [1.807, 2.05) is 34.7 Å². The smallest absolute Gasteiger partial charge is 0.254 e. The van der Waals surface area contributed by atoms with Gasteiger partial charge < -0.3 is 9.80 Å². The van der Waals surface area contributed by atoms with Gasteiger partial charge in [-0.1, -0.05) is 11.6 Å². The first-order chi connectivity index (χ1) is 12.2. The zero-order valence-electron chi connectivity index (χ0n) is 14.2. The largest absolute Gasteiger partial charge is 0.370 e. The number of hydrogen-bond donors (Lipinski definition) is 0. The molecule has 0 aliphatic carbocycles. The number of carbonyl (C=O) groups excluding carboxylic acids is 1. The van der Waals surface area contributed by atoms with Crippen LogP contribution in [0.3, 0.4) is 0 Å². The zero-order chi connectivity index (χ0) is 17.2. The molecule has 0 saturated carbocycles. The van der Waals surface area contributed by atoms with Gasteiger partial charge in [-0.25, -0.2) is 4.98 Å². The quantitative estimate of drug-likeness (QED) is 0.775. The summed E-state index contributed by atoms with van der Waals surface area (Å²) in [5.74, 6) is 0.0646. The van der Waals surface area contributed by atoms with Gasteiger partial charge in [0.2, 0.25) is 0 Å². The topological polar surface area (TPSA) is 36.4 Å². The summed E-state index contributed by atoms with van der Waals surface area (Å²) in [5, 5.41) is 3.69. The number of benzene rings is 1. The lowest BCUT2D eigenvalue weighted by atomic mass is 10.0. The van der Waals surface area contributed by atoms with Crippen molar-refractivity contribution in [2.45, 2.75) is 38.1 Å². The van der Waals surface area contributed by atoms with Gasteiger partial charge in [0, 0.05) is 36.8 Å². The first-order valence-corrected chi connectivity index (χ1v) is 10.2. The highest BCUT2D eigenvalue weighted by molar-refractivity contribution is 7.09. The average Bonchev–Trinajstić information content (AvgIpc) is 3.35. The molecule has 132 valence electrons. The highest BCUT2D eigenvalue weighted by Gasteiger charge is 2.30. The van der Waals surface area contributed by atoms with Crippen molar-refractivity contribution < 1.29 is 4.79 Å². The first-order valence-electron chi connectivity index (χ1n) is 8.99. The van der Waals surface area contributed by atoms with Crippen molar-refractivity contribution in [2.75, 3.05) is 24.5 Å². The standard InChI is InChI=1S/C19H22ClN3OS/c20-15-13-14(6-7-16(15)22-9-3-4-10-22)19(24)23-11-2-1-5-17(23)18-21-8-12-25-18/h6-8,12-13,17H,1-5,9-11H2. The van der Waals surface area contributed by atoms with Crippen molar-refractivity contribution in [2.24, 2.45) is 0 Å². The molecule has 0 radical (unpaired) electrons. The maximum Gasteiger partial charge on any atom is 0.254 e. The second kappa shape index (κ2) is 7.34. The Morgan fingerprint density at radius 3 is 2.68 bits per heavy atom. The average molecular weight is 376 g/mol. The predicted octanol–water partition coefficient (Wildman–Crippen LogP) is 4.76. The number of thiazole rings is 1. The maximum absolute atomic E-state index is 13.1. The predicted molar refractivity (Wildman–Crippen MR) is 103 cm³/mol. The Hall–Kier alpha value is -1.59. The number of halogens is 1. The minimum Gasteiger partial charge on any atom is -0.370 e. The Morgan fingerprint density at radius 1 is 1.16 bits per heavy atom. The van der Waals surface area contributed by atoms with Crippen LogP contribution in [0.25, 0.3) is 0 Å². The SMILES string of the molecule is O=C(c1ccc(N2CCCC2)c(Cl)c1)N1CCCCC1c1nccs1. The molecular formula is C19H22ClN3OS. The third-order valence-corrected chi connectivity index (χ3v) is 6.32. The van der Waals surface area contributed by atoms with Gasteiger partial charge in [0.05, 0.1) is 16.8 Å². The van der Waals surface area contributed by atoms with Gasteiger partial charge in [0.15, 0.2) is 0 Å². The number of rotatable bonds is 3. The molecule has 0 N–H and O–H groups in total. The summed E-state index contributed by atoms with van der Waals surface area (Å²) in [7, 11) is 0. The molecule has 2 saturated heterocycles. The van der Waals surface area contributed by atoms with E-state index < -0.39 is 0 Å². The van der Waals surface area contributed by atoms with Gasteiger partial charge in [0.1, 0.15) is 5.01 Å². The molecule has 2 aliphatic heterocycles. The third-order valence-electron chi connectivity index (χ3n) is 5.14. The number of piperidine rings is 1. The number of amides is 1. The third kappa shape index (κ3) is 3.40.